The van der Waals surface area contributed by atoms with Crippen LogP contribution in [0.2, 0.25) is 0 Å². The molecule has 9 aromatic rings. The third-order valence-electron chi connectivity index (χ3n) is 11.4. The zero-order chi connectivity index (χ0) is 36.4. The Morgan fingerprint density at radius 3 is 1.78 bits per heavy atom. The van der Waals surface area contributed by atoms with Gasteiger partial charge >= 0.3 is 0 Å². The predicted octanol–water partition coefficient (Wildman–Crippen LogP) is 14.2. The number of aryl methyl sites for hydroxylation is 1. The molecule has 54 heavy (non-hydrogen) atoms. The van der Waals surface area contributed by atoms with E-state index in [1.165, 1.54) is 71.9 Å². The summed E-state index contributed by atoms with van der Waals surface area (Å²) in [7, 11) is 0. The molecule has 10 rings (SSSR count). The van der Waals surface area contributed by atoms with Gasteiger partial charge in [-0.3, -0.25) is 0 Å². The highest BCUT2D eigenvalue weighted by atomic mass is 15.1. The van der Waals surface area contributed by atoms with Crippen molar-refractivity contribution in [1.29, 1.82) is 0 Å². The first kappa shape index (κ1) is 32.0. The van der Waals surface area contributed by atoms with Crippen LogP contribution in [0.25, 0.3) is 60.9 Å². The maximum absolute atomic E-state index is 2.41. The molecule has 0 aliphatic heterocycles. The Morgan fingerprint density at radius 2 is 0.981 bits per heavy atom. The fraction of sp³-hybridized carbons (Fsp3) is 0.0769. The molecule has 2 heteroatoms. The highest BCUT2D eigenvalue weighted by Crippen LogP contribution is 2.50. The second-order valence-corrected chi connectivity index (χ2v) is 15.1. The monoisotopic (exact) mass is 692 g/mol. The van der Waals surface area contributed by atoms with Crippen LogP contribution in [0, 0.1) is 6.92 Å². The molecule has 1 aromatic heterocycles. The van der Waals surface area contributed by atoms with Crippen molar-refractivity contribution in [2.75, 3.05) is 4.90 Å². The Bertz CT molecular complexity index is 2840. The first-order chi connectivity index (χ1) is 26.4. The van der Waals surface area contributed by atoms with Crippen molar-refractivity contribution in [3.63, 3.8) is 0 Å². The molecule has 1 heterocycles. The zero-order valence-corrected chi connectivity index (χ0v) is 30.8. The number of hydrogen-bond acceptors (Lipinski definition) is 1. The minimum Gasteiger partial charge on any atom is -0.310 e. The lowest BCUT2D eigenvalue weighted by molar-refractivity contribution is 0.660. The lowest BCUT2D eigenvalue weighted by atomic mass is 9.81. The second-order valence-electron chi connectivity index (χ2n) is 15.1. The molecular weight excluding hydrogens is 653 g/mol. The van der Waals surface area contributed by atoms with E-state index in [1.54, 1.807) is 0 Å². The van der Waals surface area contributed by atoms with Gasteiger partial charge in [0.2, 0.25) is 0 Å². The minimum absolute atomic E-state index is 0.0384. The molecule has 0 bridgehead atoms. The first-order valence-corrected chi connectivity index (χ1v) is 18.8. The second kappa shape index (κ2) is 12.5. The molecule has 0 atom stereocenters. The van der Waals surface area contributed by atoms with Gasteiger partial charge in [-0.05, 0) is 124 Å². The van der Waals surface area contributed by atoms with E-state index >= 15 is 0 Å². The van der Waals surface area contributed by atoms with Crippen molar-refractivity contribution in [3.05, 3.63) is 205 Å². The number of para-hydroxylation sites is 1. The third kappa shape index (κ3) is 5.17. The first-order valence-electron chi connectivity index (χ1n) is 18.8. The largest absolute Gasteiger partial charge is 0.310 e. The van der Waals surface area contributed by atoms with Crippen LogP contribution in [0.1, 0.15) is 30.5 Å². The molecule has 0 amide bonds. The van der Waals surface area contributed by atoms with Gasteiger partial charge in [-0.15, -0.1) is 0 Å². The number of benzene rings is 8. The molecule has 1 aliphatic carbocycles. The minimum atomic E-state index is -0.0384. The van der Waals surface area contributed by atoms with Gasteiger partial charge in [0.05, 0.1) is 11.0 Å². The molecule has 0 fully saturated rings. The molecule has 0 spiro atoms. The average Bonchev–Trinajstić information content (AvgIpc) is 3.66. The Morgan fingerprint density at radius 1 is 0.407 bits per heavy atom. The van der Waals surface area contributed by atoms with Crippen LogP contribution in [0.15, 0.2) is 188 Å². The van der Waals surface area contributed by atoms with E-state index in [0.717, 1.165) is 22.7 Å². The summed E-state index contributed by atoms with van der Waals surface area (Å²) in [5.74, 6) is 0. The number of hydrogen-bond donors (Lipinski definition) is 0. The van der Waals surface area contributed by atoms with E-state index in [-0.39, 0.29) is 5.41 Å². The quantitative estimate of drug-likeness (QED) is 0.168. The molecule has 0 saturated carbocycles. The molecule has 0 unspecified atom stereocenters. The van der Waals surface area contributed by atoms with Gasteiger partial charge in [-0.25, -0.2) is 0 Å². The molecule has 8 aromatic carbocycles. The normalized spacial score (nSPS) is 12.9. The van der Waals surface area contributed by atoms with Crippen molar-refractivity contribution in [2.45, 2.75) is 26.2 Å². The molecule has 1 aliphatic rings. The fourth-order valence-electron chi connectivity index (χ4n) is 8.71. The van der Waals surface area contributed by atoms with Gasteiger partial charge in [0.15, 0.2) is 0 Å². The number of aromatic nitrogens is 1. The van der Waals surface area contributed by atoms with Crippen molar-refractivity contribution in [3.8, 4) is 39.1 Å². The number of anilines is 3. The van der Waals surface area contributed by atoms with Crippen molar-refractivity contribution in [1.82, 2.24) is 4.57 Å². The Hall–Kier alpha value is -6.64. The van der Waals surface area contributed by atoms with Crippen molar-refractivity contribution in [2.24, 2.45) is 0 Å². The van der Waals surface area contributed by atoms with E-state index < -0.39 is 0 Å². The van der Waals surface area contributed by atoms with Crippen LogP contribution in [-0.4, -0.2) is 4.57 Å². The summed E-state index contributed by atoms with van der Waals surface area (Å²) in [6.07, 6.45) is 0. The third-order valence-corrected chi connectivity index (χ3v) is 11.4. The average molecular weight is 693 g/mol. The lowest BCUT2D eigenvalue weighted by Gasteiger charge is -2.26. The van der Waals surface area contributed by atoms with E-state index in [9.17, 15) is 0 Å². The Kier molecular flexibility index (Phi) is 7.42. The van der Waals surface area contributed by atoms with Crippen LogP contribution in [0.4, 0.5) is 17.1 Å². The zero-order valence-electron chi connectivity index (χ0n) is 30.8. The molecular formula is C52H40N2. The van der Waals surface area contributed by atoms with E-state index in [1.807, 2.05) is 0 Å². The predicted molar refractivity (Wildman–Crippen MR) is 229 cm³/mol. The summed E-state index contributed by atoms with van der Waals surface area (Å²) >= 11 is 0. The topological polar surface area (TPSA) is 8.17 Å². The van der Waals surface area contributed by atoms with Gasteiger partial charge in [0.1, 0.15) is 0 Å². The summed E-state index contributed by atoms with van der Waals surface area (Å²) in [5, 5.41) is 2.49. The summed E-state index contributed by atoms with van der Waals surface area (Å²) in [6.45, 7) is 6.88. The van der Waals surface area contributed by atoms with Crippen molar-refractivity contribution < 1.29 is 0 Å². The van der Waals surface area contributed by atoms with Gasteiger partial charge in [0.25, 0.3) is 0 Å². The molecule has 258 valence electrons. The van der Waals surface area contributed by atoms with Gasteiger partial charge in [-0.1, -0.05) is 135 Å². The van der Waals surface area contributed by atoms with Gasteiger partial charge < -0.3 is 9.47 Å². The highest BCUT2D eigenvalue weighted by Gasteiger charge is 2.35. The number of nitrogens with zero attached hydrogens (tertiary/aromatic N) is 2. The van der Waals surface area contributed by atoms with E-state index in [2.05, 4.69) is 218 Å². The Labute approximate surface area is 317 Å². The van der Waals surface area contributed by atoms with Crippen LogP contribution >= 0.6 is 0 Å². The van der Waals surface area contributed by atoms with Crippen LogP contribution in [-0.2, 0) is 5.41 Å². The van der Waals surface area contributed by atoms with Gasteiger partial charge in [0, 0.05) is 38.9 Å². The SMILES string of the molecule is Cc1ccc2c(c1)c1cc(N(c3ccc(-c4ccc5c(c4)C(C)(C)c4ccccc4-5)cc3)c3cccc(-c4ccccc4)c3)ccc1n2-c1ccccc1. The smallest absolute Gasteiger partial charge is 0.0542 e. The molecule has 0 N–H and O–H groups in total. The summed E-state index contributed by atoms with van der Waals surface area (Å²) in [6, 6.07) is 69.0. The van der Waals surface area contributed by atoms with Crippen LogP contribution < -0.4 is 4.90 Å². The molecule has 2 nitrogen and oxygen atoms in total. The van der Waals surface area contributed by atoms with Crippen LogP contribution in [0.3, 0.4) is 0 Å². The summed E-state index contributed by atoms with van der Waals surface area (Å²) in [5.41, 5.74) is 18.5. The van der Waals surface area contributed by atoms with E-state index in [4.69, 9.17) is 0 Å². The number of fused-ring (bicyclic) bond motifs is 6. The van der Waals surface area contributed by atoms with Crippen molar-refractivity contribution >= 4 is 38.9 Å². The molecule has 0 saturated heterocycles. The summed E-state index contributed by atoms with van der Waals surface area (Å²) < 4.78 is 2.39. The Balaban J connectivity index is 1.12. The number of rotatable bonds is 6. The standard InChI is InChI=1S/C52H40N2/c1-35-21-29-50-46(31-35)47-34-43(27-30-51(47)54(50)40-16-8-5-9-17-40)53(42-18-12-15-38(32-42)36-13-6-4-7-14-36)41-25-22-37(23-26-41)39-24-28-45-44-19-10-11-20-48(44)52(2,3)49(45)33-39/h4-34H,1-3H3. The maximum atomic E-state index is 2.41. The highest BCUT2D eigenvalue weighted by molar-refractivity contribution is 6.11. The fourth-order valence-corrected chi connectivity index (χ4v) is 8.71. The van der Waals surface area contributed by atoms with Gasteiger partial charge in [-0.2, -0.15) is 0 Å². The van der Waals surface area contributed by atoms with E-state index in [0.29, 0.717) is 0 Å². The lowest BCUT2D eigenvalue weighted by Crippen LogP contribution is -2.14. The summed E-state index contributed by atoms with van der Waals surface area (Å²) in [4.78, 5) is 2.40. The maximum Gasteiger partial charge on any atom is 0.0542 e. The molecule has 0 radical (unpaired) electrons. The van der Waals surface area contributed by atoms with Crippen LogP contribution in [0.5, 0.6) is 0 Å².